The van der Waals surface area contributed by atoms with E-state index in [1.807, 2.05) is 37.3 Å². The third-order valence-corrected chi connectivity index (χ3v) is 4.15. The molecule has 0 saturated heterocycles. The number of aromatic nitrogens is 1. The van der Waals surface area contributed by atoms with Crippen molar-refractivity contribution < 1.29 is 9.90 Å². The van der Waals surface area contributed by atoms with E-state index in [9.17, 15) is 9.90 Å². The van der Waals surface area contributed by atoms with E-state index in [0.29, 0.717) is 15.6 Å². The van der Waals surface area contributed by atoms with Crippen molar-refractivity contribution >= 4 is 17.1 Å². The van der Waals surface area contributed by atoms with Crippen LogP contribution in [0.1, 0.15) is 28.3 Å². The van der Waals surface area contributed by atoms with Crippen LogP contribution in [0.5, 0.6) is 0 Å². The zero-order valence-electron chi connectivity index (χ0n) is 11.3. The van der Waals surface area contributed by atoms with Gasteiger partial charge in [-0.05, 0) is 19.4 Å². The molecule has 0 aliphatic carbocycles. The Morgan fingerprint density at radius 3 is 2.75 bits per heavy atom. The van der Waals surface area contributed by atoms with Gasteiger partial charge in [0.1, 0.15) is 5.01 Å². The summed E-state index contributed by atoms with van der Waals surface area (Å²) in [6, 6.07) is 9.67. The maximum atomic E-state index is 11.5. The molecule has 20 heavy (non-hydrogen) atoms. The number of nitriles is 1. The van der Waals surface area contributed by atoms with Gasteiger partial charge in [-0.15, -0.1) is 11.3 Å². The Morgan fingerprint density at radius 1 is 1.50 bits per heavy atom. The summed E-state index contributed by atoms with van der Waals surface area (Å²) in [6.45, 7) is 3.18. The van der Waals surface area contributed by atoms with Crippen molar-refractivity contribution in [2.75, 3.05) is 0 Å². The van der Waals surface area contributed by atoms with Crippen molar-refractivity contribution in [3.63, 3.8) is 0 Å². The number of ketones is 1. The molecule has 2 rings (SSSR count). The van der Waals surface area contributed by atoms with Gasteiger partial charge in [0.15, 0.2) is 11.7 Å². The van der Waals surface area contributed by atoms with Crippen LogP contribution in [0.25, 0.3) is 11.3 Å². The van der Waals surface area contributed by atoms with Gasteiger partial charge in [0.2, 0.25) is 0 Å². The van der Waals surface area contributed by atoms with Gasteiger partial charge in [0.25, 0.3) is 0 Å². The zero-order valence-corrected chi connectivity index (χ0v) is 12.1. The van der Waals surface area contributed by atoms with E-state index in [4.69, 9.17) is 5.26 Å². The van der Waals surface area contributed by atoms with Crippen molar-refractivity contribution in [1.29, 1.82) is 5.26 Å². The van der Waals surface area contributed by atoms with Gasteiger partial charge in [-0.3, -0.25) is 4.79 Å². The van der Waals surface area contributed by atoms with Crippen LogP contribution in [0.3, 0.4) is 0 Å². The molecule has 0 spiro atoms. The SMILES string of the molecule is CC(=O)C(C#N)c1nc(-c2ccccc2C)c(CO)s1. The van der Waals surface area contributed by atoms with Crippen molar-refractivity contribution in [3.05, 3.63) is 39.7 Å². The average molecular weight is 286 g/mol. The third-order valence-electron chi connectivity index (χ3n) is 3.04. The molecule has 102 valence electrons. The van der Waals surface area contributed by atoms with E-state index in [1.165, 1.54) is 18.3 Å². The Hall–Kier alpha value is -2.03. The Labute approximate surface area is 121 Å². The number of carbonyl (C=O) groups excluding carboxylic acids is 1. The molecule has 4 nitrogen and oxygen atoms in total. The molecule has 1 N–H and O–H groups in total. The molecule has 0 radical (unpaired) electrons. The van der Waals surface area contributed by atoms with Crippen LogP contribution in [-0.4, -0.2) is 15.9 Å². The maximum Gasteiger partial charge on any atom is 0.156 e. The number of aliphatic hydroxyl groups excluding tert-OH is 1. The summed E-state index contributed by atoms with van der Waals surface area (Å²) in [6.07, 6.45) is 0. The zero-order chi connectivity index (χ0) is 14.7. The number of rotatable bonds is 4. The largest absolute Gasteiger partial charge is 0.391 e. The summed E-state index contributed by atoms with van der Waals surface area (Å²) in [5, 5.41) is 19.0. The summed E-state index contributed by atoms with van der Waals surface area (Å²) >= 11 is 1.22. The highest BCUT2D eigenvalue weighted by Gasteiger charge is 2.23. The number of carbonyl (C=O) groups is 1. The van der Waals surface area contributed by atoms with E-state index < -0.39 is 5.92 Å². The number of hydrogen-bond donors (Lipinski definition) is 1. The molecular weight excluding hydrogens is 272 g/mol. The summed E-state index contributed by atoms with van der Waals surface area (Å²) in [4.78, 5) is 16.6. The fourth-order valence-electron chi connectivity index (χ4n) is 1.97. The molecule has 0 aliphatic heterocycles. The topological polar surface area (TPSA) is 74.0 Å². The number of hydrogen-bond acceptors (Lipinski definition) is 5. The first-order chi connectivity index (χ1) is 9.58. The molecule has 1 aromatic carbocycles. The van der Waals surface area contributed by atoms with Gasteiger partial charge in [0.05, 0.1) is 23.2 Å². The fraction of sp³-hybridized carbons (Fsp3) is 0.267. The lowest BCUT2D eigenvalue weighted by Gasteiger charge is -2.03. The molecule has 0 bridgehead atoms. The number of benzene rings is 1. The summed E-state index contributed by atoms with van der Waals surface area (Å²) in [7, 11) is 0. The van der Waals surface area contributed by atoms with Crippen molar-refractivity contribution in [2.45, 2.75) is 26.4 Å². The highest BCUT2D eigenvalue weighted by molar-refractivity contribution is 7.12. The van der Waals surface area contributed by atoms with Crippen LogP contribution in [0.4, 0.5) is 0 Å². The fourth-order valence-corrected chi connectivity index (χ4v) is 3.01. The smallest absolute Gasteiger partial charge is 0.156 e. The Morgan fingerprint density at radius 2 is 2.20 bits per heavy atom. The minimum absolute atomic E-state index is 0.155. The molecule has 5 heteroatoms. The van der Waals surface area contributed by atoms with E-state index in [2.05, 4.69) is 4.98 Å². The first kappa shape index (κ1) is 14.4. The lowest BCUT2D eigenvalue weighted by atomic mass is 10.0. The van der Waals surface area contributed by atoms with Gasteiger partial charge in [-0.2, -0.15) is 5.26 Å². The molecule has 0 aliphatic rings. The third kappa shape index (κ3) is 2.62. The molecular formula is C15H14N2O2S. The monoisotopic (exact) mass is 286 g/mol. The molecule has 0 saturated carbocycles. The molecule has 0 amide bonds. The summed E-state index contributed by atoms with van der Waals surface area (Å²) in [5.74, 6) is -1.09. The predicted octanol–water partition coefficient (Wildman–Crippen LogP) is 2.81. The van der Waals surface area contributed by atoms with E-state index in [1.54, 1.807) is 0 Å². The number of thiazole rings is 1. The molecule has 2 aromatic rings. The molecule has 1 heterocycles. The molecule has 1 atom stereocenters. The molecule has 0 fully saturated rings. The van der Waals surface area contributed by atoms with E-state index in [-0.39, 0.29) is 12.4 Å². The highest BCUT2D eigenvalue weighted by atomic mass is 32.1. The van der Waals surface area contributed by atoms with Crippen LogP contribution in [0, 0.1) is 18.3 Å². The maximum absolute atomic E-state index is 11.5. The number of nitrogens with zero attached hydrogens (tertiary/aromatic N) is 2. The minimum Gasteiger partial charge on any atom is -0.391 e. The second kappa shape index (κ2) is 5.95. The van der Waals surface area contributed by atoms with Gasteiger partial charge in [0, 0.05) is 5.56 Å². The second-order valence-corrected chi connectivity index (χ2v) is 5.58. The quantitative estimate of drug-likeness (QED) is 0.937. The minimum atomic E-state index is -0.858. The Kier molecular flexibility index (Phi) is 4.28. The van der Waals surface area contributed by atoms with E-state index in [0.717, 1.165) is 11.1 Å². The second-order valence-electron chi connectivity index (χ2n) is 4.47. The van der Waals surface area contributed by atoms with Crippen LogP contribution in [-0.2, 0) is 11.4 Å². The Bertz CT molecular complexity index is 685. The average Bonchev–Trinajstić information content (AvgIpc) is 2.83. The lowest BCUT2D eigenvalue weighted by Crippen LogP contribution is -2.05. The number of Topliss-reactive ketones (excluding diaryl/α,β-unsaturated/α-hetero) is 1. The van der Waals surface area contributed by atoms with Gasteiger partial charge < -0.3 is 5.11 Å². The number of aryl methyl sites for hydroxylation is 1. The van der Waals surface area contributed by atoms with Crippen molar-refractivity contribution in [3.8, 4) is 17.3 Å². The van der Waals surface area contributed by atoms with Gasteiger partial charge in [-0.1, -0.05) is 24.3 Å². The summed E-state index contributed by atoms with van der Waals surface area (Å²) < 4.78 is 0. The van der Waals surface area contributed by atoms with Gasteiger partial charge >= 0.3 is 0 Å². The highest BCUT2D eigenvalue weighted by Crippen LogP contribution is 2.33. The van der Waals surface area contributed by atoms with Crippen LogP contribution < -0.4 is 0 Å². The van der Waals surface area contributed by atoms with Crippen molar-refractivity contribution in [1.82, 2.24) is 4.98 Å². The molecule has 1 unspecified atom stereocenters. The first-order valence-corrected chi connectivity index (χ1v) is 6.96. The van der Waals surface area contributed by atoms with Gasteiger partial charge in [-0.25, -0.2) is 4.98 Å². The van der Waals surface area contributed by atoms with Crippen molar-refractivity contribution in [2.24, 2.45) is 0 Å². The number of aliphatic hydroxyl groups is 1. The summed E-state index contributed by atoms with van der Waals surface area (Å²) in [5.41, 5.74) is 2.61. The Balaban J connectivity index is 2.56. The van der Waals surface area contributed by atoms with Crippen LogP contribution >= 0.6 is 11.3 Å². The standard InChI is InChI=1S/C15H14N2O2S/c1-9-5-3-4-6-11(9)14-13(8-18)20-15(17-14)12(7-16)10(2)19/h3-6,12,18H,8H2,1-2H3. The van der Waals surface area contributed by atoms with Crippen LogP contribution in [0.15, 0.2) is 24.3 Å². The van der Waals surface area contributed by atoms with Crippen LogP contribution in [0.2, 0.25) is 0 Å². The predicted molar refractivity (Wildman–Crippen MR) is 77.2 cm³/mol. The van der Waals surface area contributed by atoms with E-state index >= 15 is 0 Å². The normalized spacial score (nSPS) is 11.9. The first-order valence-electron chi connectivity index (χ1n) is 6.15. The lowest BCUT2D eigenvalue weighted by molar-refractivity contribution is -0.117. The molecule has 1 aromatic heterocycles.